The molecule has 0 saturated carbocycles. The average Bonchev–Trinajstić information content (AvgIpc) is 2.63. The topological polar surface area (TPSA) is 30.5 Å². The normalized spacial score (nSPS) is 20.7. The van der Waals surface area contributed by atoms with Gasteiger partial charge in [0.2, 0.25) is 0 Å². The van der Waals surface area contributed by atoms with Crippen molar-refractivity contribution in [3.63, 3.8) is 0 Å². The van der Waals surface area contributed by atoms with Gasteiger partial charge in [0, 0.05) is 11.9 Å². The lowest BCUT2D eigenvalue weighted by Crippen LogP contribution is -2.43. The first-order chi connectivity index (χ1) is 11.8. The van der Waals surface area contributed by atoms with Crippen LogP contribution < -0.4 is 5.32 Å². The SMILES string of the molecule is Fc1ccc([C@@H]2NCCO[C@H]2OCCc2cccc(C=S)c2)cc1. The van der Waals surface area contributed by atoms with Crippen LogP contribution in [0.1, 0.15) is 22.7 Å². The van der Waals surface area contributed by atoms with Crippen molar-refractivity contribution in [2.24, 2.45) is 0 Å². The molecule has 0 radical (unpaired) electrons. The first-order valence-corrected chi connectivity index (χ1v) is 8.49. The Bertz CT molecular complexity index is 677. The van der Waals surface area contributed by atoms with Crippen LogP contribution in [-0.2, 0) is 15.9 Å². The van der Waals surface area contributed by atoms with Crippen molar-refractivity contribution in [2.75, 3.05) is 19.8 Å². The van der Waals surface area contributed by atoms with Crippen LogP contribution in [0.25, 0.3) is 0 Å². The fraction of sp³-hybridized carbons (Fsp3) is 0.316. The molecule has 2 aromatic rings. The highest BCUT2D eigenvalue weighted by Crippen LogP contribution is 2.23. The number of hydrogen-bond donors (Lipinski definition) is 1. The number of benzene rings is 2. The molecule has 0 spiro atoms. The van der Waals surface area contributed by atoms with Gasteiger partial charge in [0.1, 0.15) is 5.82 Å². The van der Waals surface area contributed by atoms with E-state index in [4.69, 9.17) is 21.7 Å². The molecule has 1 aliphatic heterocycles. The molecule has 24 heavy (non-hydrogen) atoms. The highest BCUT2D eigenvalue weighted by Gasteiger charge is 2.27. The molecule has 1 fully saturated rings. The number of hydrogen-bond acceptors (Lipinski definition) is 4. The predicted octanol–water partition coefficient (Wildman–Crippen LogP) is 3.42. The summed E-state index contributed by atoms with van der Waals surface area (Å²) in [5, 5.41) is 5.05. The maximum Gasteiger partial charge on any atom is 0.176 e. The second kappa shape index (κ2) is 8.44. The number of rotatable bonds is 6. The number of halogens is 1. The van der Waals surface area contributed by atoms with Crippen molar-refractivity contribution in [2.45, 2.75) is 18.8 Å². The van der Waals surface area contributed by atoms with E-state index in [1.165, 1.54) is 17.7 Å². The molecule has 126 valence electrons. The Morgan fingerprint density at radius 1 is 1.25 bits per heavy atom. The Hall–Kier alpha value is -1.66. The second-order valence-electron chi connectivity index (χ2n) is 5.71. The first kappa shape index (κ1) is 17.2. The third-order valence-electron chi connectivity index (χ3n) is 4.01. The molecular weight excluding hydrogens is 325 g/mol. The lowest BCUT2D eigenvalue weighted by atomic mass is 10.1. The van der Waals surface area contributed by atoms with Crippen LogP contribution >= 0.6 is 12.2 Å². The van der Waals surface area contributed by atoms with Crippen LogP contribution in [0.4, 0.5) is 4.39 Å². The van der Waals surface area contributed by atoms with Crippen LogP contribution in [0.5, 0.6) is 0 Å². The smallest absolute Gasteiger partial charge is 0.176 e. The average molecular weight is 345 g/mol. The lowest BCUT2D eigenvalue weighted by molar-refractivity contribution is -0.176. The van der Waals surface area contributed by atoms with Gasteiger partial charge in [-0.25, -0.2) is 4.39 Å². The minimum atomic E-state index is -0.377. The van der Waals surface area contributed by atoms with Crippen molar-refractivity contribution in [1.82, 2.24) is 5.32 Å². The third kappa shape index (κ3) is 4.45. The van der Waals surface area contributed by atoms with E-state index >= 15 is 0 Å². The van der Waals surface area contributed by atoms with Gasteiger partial charge in [-0.05, 0) is 35.2 Å². The van der Waals surface area contributed by atoms with Gasteiger partial charge in [-0.15, -0.1) is 0 Å². The van der Waals surface area contributed by atoms with E-state index in [1.54, 1.807) is 17.5 Å². The second-order valence-corrected chi connectivity index (χ2v) is 5.94. The molecule has 0 aromatic heterocycles. The zero-order valence-corrected chi connectivity index (χ0v) is 14.1. The number of thiocarbonyl (C=S) groups is 1. The molecule has 1 heterocycles. The first-order valence-electron chi connectivity index (χ1n) is 8.02. The summed E-state index contributed by atoms with van der Waals surface area (Å²) >= 11 is 4.96. The van der Waals surface area contributed by atoms with E-state index in [0.29, 0.717) is 13.2 Å². The maximum atomic E-state index is 13.1. The molecule has 0 aliphatic carbocycles. The summed E-state index contributed by atoms with van der Waals surface area (Å²) in [6.07, 6.45) is 0.408. The van der Waals surface area contributed by atoms with Crippen LogP contribution in [0.2, 0.25) is 0 Å². The number of nitrogens with one attached hydrogen (secondary N) is 1. The summed E-state index contributed by atoms with van der Waals surface area (Å²) in [5.74, 6) is -0.244. The monoisotopic (exact) mass is 345 g/mol. The van der Waals surface area contributed by atoms with E-state index in [0.717, 1.165) is 24.1 Å². The molecule has 0 unspecified atom stereocenters. The fourth-order valence-electron chi connectivity index (χ4n) is 2.79. The molecule has 2 aromatic carbocycles. The van der Waals surface area contributed by atoms with Crippen LogP contribution in [0.3, 0.4) is 0 Å². The largest absolute Gasteiger partial charge is 0.350 e. The lowest BCUT2D eigenvalue weighted by Gasteiger charge is -2.33. The number of ether oxygens (including phenoxy) is 2. The van der Waals surface area contributed by atoms with Gasteiger partial charge in [-0.3, -0.25) is 0 Å². The molecule has 2 atom stereocenters. The summed E-state index contributed by atoms with van der Waals surface area (Å²) in [6, 6.07) is 14.5. The highest BCUT2D eigenvalue weighted by molar-refractivity contribution is 7.79. The van der Waals surface area contributed by atoms with Gasteiger partial charge in [0.05, 0.1) is 19.3 Å². The molecule has 0 bridgehead atoms. The molecule has 0 amide bonds. The van der Waals surface area contributed by atoms with Gasteiger partial charge >= 0.3 is 0 Å². The zero-order chi connectivity index (χ0) is 16.8. The Kier molecular flexibility index (Phi) is 6.04. The predicted molar refractivity (Wildman–Crippen MR) is 95.7 cm³/mol. The van der Waals surface area contributed by atoms with Crippen molar-refractivity contribution in [3.8, 4) is 0 Å². The van der Waals surface area contributed by atoms with Gasteiger partial charge in [0.15, 0.2) is 6.29 Å². The van der Waals surface area contributed by atoms with E-state index < -0.39 is 0 Å². The molecule has 3 nitrogen and oxygen atoms in total. The maximum absolute atomic E-state index is 13.1. The van der Waals surface area contributed by atoms with Crippen molar-refractivity contribution < 1.29 is 13.9 Å². The minimum Gasteiger partial charge on any atom is -0.350 e. The summed E-state index contributed by atoms with van der Waals surface area (Å²) in [5.41, 5.74) is 3.17. The van der Waals surface area contributed by atoms with Gasteiger partial charge < -0.3 is 14.8 Å². The Morgan fingerprint density at radius 3 is 2.88 bits per heavy atom. The van der Waals surface area contributed by atoms with E-state index in [1.807, 2.05) is 12.1 Å². The van der Waals surface area contributed by atoms with E-state index in [2.05, 4.69) is 17.4 Å². The van der Waals surface area contributed by atoms with Crippen molar-refractivity contribution >= 4 is 17.6 Å². The Balaban J connectivity index is 1.59. The summed E-state index contributed by atoms with van der Waals surface area (Å²) in [4.78, 5) is 0. The quantitative estimate of drug-likeness (QED) is 0.813. The van der Waals surface area contributed by atoms with Crippen LogP contribution in [0.15, 0.2) is 48.5 Å². The zero-order valence-electron chi connectivity index (χ0n) is 13.3. The standard InChI is InChI=1S/C19H20FNO2S/c20-17-6-4-16(5-7-17)18-19(23-11-9-21-18)22-10-8-14-2-1-3-15(12-14)13-24/h1-7,12-13,18-19,21H,8-11H2/t18-,19+/m0/s1. The summed E-state index contributed by atoms with van der Waals surface area (Å²) < 4.78 is 24.8. The molecule has 1 saturated heterocycles. The van der Waals surface area contributed by atoms with E-state index in [9.17, 15) is 4.39 Å². The highest BCUT2D eigenvalue weighted by atomic mass is 32.1. The summed E-state index contributed by atoms with van der Waals surface area (Å²) in [7, 11) is 0. The Morgan fingerprint density at radius 2 is 2.08 bits per heavy atom. The van der Waals surface area contributed by atoms with Crippen molar-refractivity contribution in [1.29, 1.82) is 0 Å². The minimum absolute atomic E-state index is 0.0911. The van der Waals surface area contributed by atoms with Crippen molar-refractivity contribution in [3.05, 3.63) is 71.0 Å². The van der Waals surface area contributed by atoms with Gasteiger partial charge in [-0.1, -0.05) is 48.6 Å². The molecule has 3 rings (SSSR count). The number of morpholine rings is 1. The van der Waals surface area contributed by atoms with Crippen LogP contribution in [0, 0.1) is 5.82 Å². The van der Waals surface area contributed by atoms with E-state index in [-0.39, 0.29) is 18.1 Å². The molecule has 1 N–H and O–H groups in total. The van der Waals surface area contributed by atoms with Gasteiger partial charge in [0.25, 0.3) is 0 Å². The molecule has 1 aliphatic rings. The molecule has 5 heteroatoms. The fourth-order valence-corrected chi connectivity index (χ4v) is 2.93. The Labute approximate surface area is 146 Å². The van der Waals surface area contributed by atoms with Crippen LogP contribution in [-0.4, -0.2) is 31.4 Å². The third-order valence-corrected chi connectivity index (χ3v) is 4.28. The van der Waals surface area contributed by atoms with Gasteiger partial charge in [-0.2, -0.15) is 0 Å². The molecular formula is C19H20FNO2S. The summed E-state index contributed by atoms with van der Waals surface area (Å²) in [6.45, 7) is 1.90.